The first-order valence-electron chi connectivity index (χ1n) is 10.7. The molecule has 1 amide bonds. The molecule has 6 nitrogen and oxygen atoms in total. The van der Waals surface area contributed by atoms with Gasteiger partial charge in [-0.15, -0.1) is 0 Å². The van der Waals surface area contributed by atoms with Crippen LogP contribution in [-0.2, 0) is 11.3 Å². The minimum atomic E-state index is -0.408. The number of ether oxygens (including phenoxy) is 1. The van der Waals surface area contributed by atoms with Crippen LogP contribution in [0.3, 0.4) is 0 Å². The van der Waals surface area contributed by atoms with E-state index in [1.165, 1.54) is 24.3 Å². The van der Waals surface area contributed by atoms with E-state index in [1.807, 2.05) is 10.6 Å². The number of carbonyl (C=O) groups excluding carboxylic acids is 1. The van der Waals surface area contributed by atoms with Crippen molar-refractivity contribution in [1.29, 1.82) is 0 Å². The van der Waals surface area contributed by atoms with Crippen LogP contribution in [0.1, 0.15) is 41.2 Å². The van der Waals surface area contributed by atoms with Crippen molar-refractivity contribution in [2.45, 2.75) is 37.8 Å². The first kappa shape index (κ1) is 19.5. The van der Waals surface area contributed by atoms with Crippen molar-refractivity contribution in [2.24, 2.45) is 5.92 Å². The highest BCUT2D eigenvalue weighted by Gasteiger charge is 2.37. The monoisotopic (exact) mass is 411 g/mol. The number of rotatable bonds is 3. The van der Waals surface area contributed by atoms with Crippen LogP contribution in [0.2, 0.25) is 0 Å². The van der Waals surface area contributed by atoms with E-state index in [4.69, 9.17) is 4.74 Å². The molecule has 3 aliphatic rings. The average Bonchev–Trinajstić information content (AvgIpc) is 2.77. The zero-order valence-electron chi connectivity index (χ0n) is 16.9. The molecule has 2 saturated heterocycles. The second-order valence-corrected chi connectivity index (χ2v) is 8.64. The van der Waals surface area contributed by atoms with Crippen molar-refractivity contribution in [1.82, 2.24) is 9.47 Å². The first-order chi connectivity index (χ1) is 14.6. The largest absolute Gasteiger partial charge is 0.381 e. The van der Waals surface area contributed by atoms with Gasteiger partial charge in [0.25, 0.3) is 11.5 Å². The van der Waals surface area contributed by atoms with Crippen molar-refractivity contribution in [3.05, 3.63) is 63.8 Å². The molecule has 7 heteroatoms. The predicted octanol–water partition coefficient (Wildman–Crippen LogP) is 2.84. The Hall–Kier alpha value is -2.51. The van der Waals surface area contributed by atoms with Crippen LogP contribution in [0.5, 0.6) is 0 Å². The summed E-state index contributed by atoms with van der Waals surface area (Å²) in [5.41, 5.74) is 1.50. The summed E-state index contributed by atoms with van der Waals surface area (Å²) in [7, 11) is 0. The van der Waals surface area contributed by atoms with Crippen molar-refractivity contribution >= 4 is 11.6 Å². The van der Waals surface area contributed by atoms with Crippen LogP contribution in [0.15, 0.2) is 41.2 Å². The zero-order valence-corrected chi connectivity index (χ0v) is 16.9. The number of benzene rings is 1. The number of likely N-dealkylation sites (tertiary alicyclic amines) is 1. The number of aromatic nitrogens is 1. The summed E-state index contributed by atoms with van der Waals surface area (Å²) in [6.07, 6.45) is 3.28. The number of hydrogen-bond acceptors (Lipinski definition) is 4. The molecule has 1 aromatic heterocycles. The van der Waals surface area contributed by atoms with E-state index < -0.39 is 11.7 Å². The summed E-state index contributed by atoms with van der Waals surface area (Å²) in [6, 6.07) is 9.57. The lowest BCUT2D eigenvalue weighted by Crippen LogP contribution is -2.51. The maximum atomic E-state index is 13.1. The average molecular weight is 411 g/mol. The van der Waals surface area contributed by atoms with Gasteiger partial charge >= 0.3 is 0 Å². The lowest BCUT2D eigenvalue weighted by molar-refractivity contribution is 0.00589. The van der Waals surface area contributed by atoms with Gasteiger partial charge in [-0.25, -0.2) is 4.39 Å². The van der Waals surface area contributed by atoms with Crippen LogP contribution in [0.25, 0.3) is 0 Å². The molecule has 3 aliphatic heterocycles. The zero-order chi connectivity index (χ0) is 20.7. The highest BCUT2D eigenvalue weighted by molar-refractivity contribution is 6.04. The first-order valence-corrected chi connectivity index (χ1v) is 10.7. The van der Waals surface area contributed by atoms with Gasteiger partial charge in [-0.05, 0) is 61.6 Å². The highest BCUT2D eigenvalue weighted by atomic mass is 19.1. The molecule has 2 unspecified atom stereocenters. The molecule has 2 bridgehead atoms. The van der Waals surface area contributed by atoms with E-state index >= 15 is 0 Å². The summed E-state index contributed by atoms with van der Waals surface area (Å²) in [6.45, 7) is 4.35. The molecule has 0 radical (unpaired) electrons. The van der Waals surface area contributed by atoms with Crippen LogP contribution >= 0.6 is 0 Å². The highest BCUT2D eigenvalue weighted by Crippen LogP contribution is 2.37. The van der Waals surface area contributed by atoms with Crippen molar-refractivity contribution < 1.29 is 13.9 Å². The van der Waals surface area contributed by atoms with Gasteiger partial charge in [-0.1, -0.05) is 0 Å². The fourth-order valence-electron chi connectivity index (χ4n) is 5.22. The third-order valence-electron chi connectivity index (χ3n) is 6.69. The number of pyridine rings is 1. The van der Waals surface area contributed by atoms with Crippen molar-refractivity contribution in [2.75, 3.05) is 31.6 Å². The minimum Gasteiger partial charge on any atom is -0.381 e. The van der Waals surface area contributed by atoms with Gasteiger partial charge in [0.05, 0.1) is 0 Å². The number of nitrogens with zero attached hydrogens (tertiary/aromatic N) is 2. The fourth-order valence-corrected chi connectivity index (χ4v) is 5.22. The molecule has 1 N–H and O–H groups in total. The maximum Gasteiger partial charge on any atom is 0.274 e. The van der Waals surface area contributed by atoms with Gasteiger partial charge in [0.2, 0.25) is 0 Å². The summed E-state index contributed by atoms with van der Waals surface area (Å²) in [4.78, 5) is 28.2. The third-order valence-corrected chi connectivity index (χ3v) is 6.69. The molecule has 2 atom stereocenters. The summed E-state index contributed by atoms with van der Waals surface area (Å²) in [5, 5.41) is 2.70. The molecule has 5 rings (SSSR count). The molecule has 4 heterocycles. The Bertz CT molecular complexity index is 998. The third kappa shape index (κ3) is 3.68. The van der Waals surface area contributed by atoms with Gasteiger partial charge < -0.3 is 14.6 Å². The predicted molar refractivity (Wildman–Crippen MR) is 111 cm³/mol. The number of carbonyl (C=O) groups is 1. The number of amides is 1. The SMILES string of the molecule is O=C(Nc1ccc2n(c1=O)CC1CC2CN(C2CCOCC2)C1)c1ccc(F)cc1. The molecule has 2 aromatic rings. The Kier molecular flexibility index (Phi) is 5.16. The van der Waals surface area contributed by atoms with Gasteiger partial charge in [0.1, 0.15) is 11.5 Å². The summed E-state index contributed by atoms with van der Waals surface area (Å²) in [5.74, 6) is -0.0224. The molecular formula is C23H26FN3O3. The van der Waals surface area contributed by atoms with Gasteiger partial charge in [-0.3, -0.25) is 14.5 Å². The van der Waals surface area contributed by atoms with Crippen molar-refractivity contribution in [3.63, 3.8) is 0 Å². The topological polar surface area (TPSA) is 63.6 Å². The van der Waals surface area contributed by atoms with Gasteiger partial charge in [-0.2, -0.15) is 0 Å². The lowest BCUT2D eigenvalue weighted by atomic mass is 9.82. The molecule has 0 aliphatic carbocycles. The number of halogens is 1. The van der Waals surface area contributed by atoms with E-state index in [1.54, 1.807) is 6.07 Å². The van der Waals surface area contributed by atoms with E-state index in [2.05, 4.69) is 10.2 Å². The lowest BCUT2D eigenvalue weighted by Gasteiger charge is -2.46. The Labute approximate surface area is 174 Å². The standard InChI is InChI=1S/C23H26FN3O3/c24-18-3-1-16(2-4-18)22(28)25-20-5-6-21-17-11-15(13-27(21)23(20)29)12-26(14-17)19-7-9-30-10-8-19/h1-6,15,17,19H,7-14H2,(H,25,28). The number of nitrogens with one attached hydrogen (secondary N) is 1. The Morgan fingerprint density at radius 3 is 2.57 bits per heavy atom. The number of hydrogen-bond donors (Lipinski definition) is 1. The van der Waals surface area contributed by atoms with E-state index in [-0.39, 0.29) is 11.2 Å². The minimum absolute atomic E-state index is 0.155. The number of fused-ring (bicyclic) bond motifs is 4. The molecule has 1 aromatic carbocycles. The Balaban J connectivity index is 1.36. The van der Waals surface area contributed by atoms with E-state index in [9.17, 15) is 14.0 Å². The fraction of sp³-hybridized carbons (Fsp3) is 0.478. The number of piperidine rings is 1. The second-order valence-electron chi connectivity index (χ2n) is 8.64. The molecule has 158 valence electrons. The number of anilines is 1. The quantitative estimate of drug-likeness (QED) is 0.844. The smallest absolute Gasteiger partial charge is 0.274 e. The molecule has 0 saturated carbocycles. The van der Waals surface area contributed by atoms with E-state index in [0.29, 0.717) is 30.0 Å². The Morgan fingerprint density at radius 2 is 1.80 bits per heavy atom. The van der Waals surface area contributed by atoms with Crippen molar-refractivity contribution in [3.8, 4) is 0 Å². The summed E-state index contributed by atoms with van der Waals surface area (Å²) >= 11 is 0. The van der Waals surface area contributed by atoms with Gasteiger partial charge in [0.15, 0.2) is 0 Å². The second kappa shape index (κ2) is 7.96. The molecule has 30 heavy (non-hydrogen) atoms. The van der Waals surface area contributed by atoms with E-state index in [0.717, 1.165) is 51.3 Å². The maximum absolute atomic E-state index is 13.1. The molecular weight excluding hydrogens is 385 g/mol. The summed E-state index contributed by atoms with van der Waals surface area (Å²) < 4.78 is 20.5. The van der Waals surface area contributed by atoms with Gasteiger partial charge in [0, 0.05) is 56.1 Å². The van der Waals surface area contributed by atoms with Crippen LogP contribution < -0.4 is 10.9 Å². The van der Waals surface area contributed by atoms with Crippen LogP contribution in [0.4, 0.5) is 10.1 Å². The molecule has 0 spiro atoms. The van der Waals surface area contributed by atoms with Crippen LogP contribution in [-0.4, -0.2) is 47.7 Å². The molecule has 2 fully saturated rings. The Morgan fingerprint density at radius 1 is 1.03 bits per heavy atom. The normalized spacial score (nSPS) is 24.3. The van der Waals surface area contributed by atoms with Crippen LogP contribution in [0, 0.1) is 11.7 Å².